The molecule has 4 rings (SSSR count). The zero-order valence-corrected chi connectivity index (χ0v) is 12.1. The van der Waals surface area contributed by atoms with Gasteiger partial charge >= 0.3 is 0 Å². The molecule has 23 heavy (non-hydrogen) atoms. The number of carbonyl (C=O) groups excluding carboxylic acids is 1. The molecule has 0 saturated carbocycles. The third-order valence-electron chi connectivity index (χ3n) is 3.74. The molecule has 0 aliphatic carbocycles. The van der Waals surface area contributed by atoms with Gasteiger partial charge in [-0.25, -0.2) is 4.39 Å². The number of anilines is 1. The molecule has 2 N–H and O–H groups in total. The number of H-pyrrole nitrogens is 1. The minimum absolute atomic E-state index is 0.151. The molecule has 1 aliphatic heterocycles. The highest BCUT2D eigenvalue weighted by atomic mass is 19.1. The average Bonchev–Trinajstić information content (AvgIpc) is 3.14. The van der Waals surface area contributed by atoms with Gasteiger partial charge in [0.2, 0.25) is 12.7 Å². The summed E-state index contributed by atoms with van der Waals surface area (Å²) < 4.78 is 23.9. The molecule has 0 radical (unpaired) electrons. The fourth-order valence-corrected chi connectivity index (χ4v) is 2.65. The van der Waals surface area contributed by atoms with E-state index in [4.69, 9.17) is 9.47 Å². The summed E-state index contributed by atoms with van der Waals surface area (Å²) in [5, 5.41) is 3.52. The van der Waals surface area contributed by atoms with Gasteiger partial charge in [-0.2, -0.15) is 0 Å². The van der Waals surface area contributed by atoms with Crippen LogP contribution >= 0.6 is 0 Å². The maximum Gasteiger partial charge on any atom is 0.231 e. The number of benzene rings is 2. The summed E-state index contributed by atoms with van der Waals surface area (Å²) in [6, 6.07) is 9.68. The summed E-state index contributed by atoms with van der Waals surface area (Å²) in [5.41, 5.74) is 2.18. The Morgan fingerprint density at radius 3 is 2.96 bits per heavy atom. The van der Waals surface area contributed by atoms with Gasteiger partial charge in [0.25, 0.3) is 0 Å². The second-order valence-electron chi connectivity index (χ2n) is 5.30. The molecule has 3 aromatic rings. The molecule has 1 amide bonds. The molecular formula is C17H13FN2O3. The van der Waals surface area contributed by atoms with Crippen molar-refractivity contribution in [3.8, 4) is 11.5 Å². The van der Waals surface area contributed by atoms with Gasteiger partial charge in [-0.1, -0.05) is 0 Å². The Kier molecular flexibility index (Phi) is 3.15. The van der Waals surface area contributed by atoms with Gasteiger partial charge in [0.05, 0.1) is 6.42 Å². The van der Waals surface area contributed by atoms with E-state index >= 15 is 0 Å². The molecule has 0 spiro atoms. The number of amides is 1. The van der Waals surface area contributed by atoms with Crippen LogP contribution in [0.2, 0.25) is 0 Å². The Bertz CT molecular complexity index is 904. The predicted molar refractivity (Wildman–Crippen MR) is 83.2 cm³/mol. The van der Waals surface area contributed by atoms with E-state index in [-0.39, 0.29) is 24.9 Å². The average molecular weight is 312 g/mol. The number of carbonyl (C=O) groups is 1. The molecule has 0 unspecified atom stereocenters. The summed E-state index contributed by atoms with van der Waals surface area (Å²) in [4.78, 5) is 15.3. The fraction of sp³-hybridized carbons (Fsp3) is 0.118. The smallest absolute Gasteiger partial charge is 0.231 e. The number of nitrogens with one attached hydrogen (secondary N) is 2. The maximum absolute atomic E-state index is 13.4. The first-order valence-corrected chi connectivity index (χ1v) is 7.14. The van der Waals surface area contributed by atoms with Crippen molar-refractivity contribution in [3.05, 3.63) is 54.0 Å². The van der Waals surface area contributed by atoms with E-state index in [9.17, 15) is 9.18 Å². The van der Waals surface area contributed by atoms with E-state index in [0.717, 1.165) is 11.1 Å². The minimum atomic E-state index is -0.325. The van der Waals surface area contributed by atoms with Gasteiger partial charge < -0.3 is 19.8 Å². The summed E-state index contributed by atoms with van der Waals surface area (Å²) >= 11 is 0. The summed E-state index contributed by atoms with van der Waals surface area (Å²) in [6.07, 6.45) is 1.88. The molecule has 5 nitrogen and oxygen atoms in total. The lowest BCUT2D eigenvalue weighted by Crippen LogP contribution is -2.14. The summed E-state index contributed by atoms with van der Waals surface area (Å²) in [7, 11) is 0. The zero-order chi connectivity index (χ0) is 15.8. The van der Waals surface area contributed by atoms with E-state index < -0.39 is 0 Å². The Labute approximate surface area is 131 Å². The SMILES string of the molecule is O=C(Cc1c[nH]c2ccc(F)cc12)Nc1ccc2c(c1)OCO2. The number of aromatic amines is 1. The highest BCUT2D eigenvalue weighted by Crippen LogP contribution is 2.34. The topological polar surface area (TPSA) is 63.4 Å². The van der Waals surface area contributed by atoms with Crippen molar-refractivity contribution in [2.45, 2.75) is 6.42 Å². The maximum atomic E-state index is 13.4. The van der Waals surface area contributed by atoms with Gasteiger partial charge in [-0.3, -0.25) is 4.79 Å². The largest absolute Gasteiger partial charge is 0.454 e. The molecule has 0 atom stereocenters. The first-order chi connectivity index (χ1) is 11.2. The quantitative estimate of drug-likeness (QED) is 0.780. The standard InChI is InChI=1S/C17H13FN2O3/c18-11-1-3-14-13(6-11)10(8-19-14)5-17(21)20-12-2-4-15-16(7-12)23-9-22-15/h1-4,6-8,19H,5,9H2,(H,20,21). The van der Waals surface area contributed by atoms with Gasteiger partial charge in [0.15, 0.2) is 11.5 Å². The van der Waals surface area contributed by atoms with E-state index in [0.29, 0.717) is 22.6 Å². The van der Waals surface area contributed by atoms with E-state index in [1.165, 1.54) is 12.1 Å². The van der Waals surface area contributed by atoms with Gasteiger partial charge in [0, 0.05) is 28.9 Å². The van der Waals surface area contributed by atoms with E-state index in [1.54, 1.807) is 30.5 Å². The van der Waals surface area contributed by atoms with Gasteiger partial charge in [-0.15, -0.1) is 0 Å². The number of rotatable bonds is 3. The molecular weight excluding hydrogens is 299 g/mol. The Hall–Kier alpha value is -3.02. The molecule has 6 heteroatoms. The lowest BCUT2D eigenvalue weighted by atomic mass is 10.1. The highest BCUT2D eigenvalue weighted by molar-refractivity contribution is 5.96. The van der Waals surface area contributed by atoms with Crippen molar-refractivity contribution in [1.82, 2.24) is 4.98 Å². The van der Waals surface area contributed by atoms with Crippen molar-refractivity contribution < 1.29 is 18.7 Å². The van der Waals surface area contributed by atoms with Crippen molar-refractivity contribution in [3.63, 3.8) is 0 Å². The summed E-state index contributed by atoms with van der Waals surface area (Å²) in [6.45, 7) is 0.188. The minimum Gasteiger partial charge on any atom is -0.454 e. The first-order valence-electron chi connectivity index (χ1n) is 7.14. The van der Waals surface area contributed by atoms with Crippen LogP contribution in [0.15, 0.2) is 42.6 Å². The fourth-order valence-electron chi connectivity index (χ4n) is 2.65. The second-order valence-corrected chi connectivity index (χ2v) is 5.30. The van der Waals surface area contributed by atoms with Crippen molar-refractivity contribution in [2.24, 2.45) is 0 Å². The highest BCUT2D eigenvalue weighted by Gasteiger charge is 2.15. The van der Waals surface area contributed by atoms with Crippen LogP contribution in [-0.4, -0.2) is 17.7 Å². The van der Waals surface area contributed by atoms with Crippen LogP contribution in [0.5, 0.6) is 11.5 Å². The number of halogens is 1. The van der Waals surface area contributed by atoms with Gasteiger partial charge in [0.1, 0.15) is 5.82 Å². The monoisotopic (exact) mass is 312 g/mol. The predicted octanol–water partition coefficient (Wildman–Crippen LogP) is 3.22. The van der Waals surface area contributed by atoms with Crippen LogP contribution in [0.4, 0.5) is 10.1 Å². The van der Waals surface area contributed by atoms with Crippen molar-refractivity contribution in [1.29, 1.82) is 0 Å². The molecule has 2 aromatic carbocycles. The van der Waals surface area contributed by atoms with Crippen LogP contribution in [0, 0.1) is 5.82 Å². The number of hydrogen-bond acceptors (Lipinski definition) is 3. The molecule has 2 heterocycles. The van der Waals surface area contributed by atoms with Gasteiger partial charge in [-0.05, 0) is 35.9 Å². The zero-order valence-electron chi connectivity index (χ0n) is 12.1. The number of ether oxygens (including phenoxy) is 2. The van der Waals surface area contributed by atoms with E-state index in [1.807, 2.05) is 0 Å². The number of fused-ring (bicyclic) bond motifs is 2. The normalized spacial score (nSPS) is 12.6. The molecule has 0 bridgehead atoms. The molecule has 0 saturated heterocycles. The summed E-state index contributed by atoms with van der Waals surface area (Å²) in [5.74, 6) is 0.760. The third-order valence-corrected chi connectivity index (χ3v) is 3.74. The molecule has 1 aromatic heterocycles. The van der Waals surface area contributed by atoms with Crippen LogP contribution in [0.25, 0.3) is 10.9 Å². The van der Waals surface area contributed by atoms with Crippen LogP contribution in [0.3, 0.4) is 0 Å². The molecule has 0 fully saturated rings. The number of aromatic nitrogens is 1. The Morgan fingerprint density at radius 2 is 2.04 bits per heavy atom. The third kappa shape index (κ3) is 2.59. The van der Waals surface area contributed by atoms with Crippen molar-refractivity contribution >= 4 is 22.5 Å². The van der Waals surface area contributed by atoms with E-state index in [2.05, 4.69) is 10.3 Å². The lowest BCUT2D eigenvalue weighted by molar-refractivity contribution is -0.115. The molecule has 1 aliphatic rings. The van der Waals surface area contributed by atoms with Crippen LogP contribution in [0.1, 0.15) is 5.56 Å². The Balaban J connectivity index is 1.52. The number of hydrogen-bond donors (Lipinski definition) is 2. The first kappa shape index (κ1) is 13.6. The second kappa shape index (κ2) is 5.31. The molecule has 116 valence electrons. The van der Waals surface area contributed by atoms with Crippen LogP contribution in [-0.2, 0) is 11.2 Å². The van der Waals surface area contributed by atoms with Crippen LogP contribution < -0.4 is 14.8 Å². The van der Waals surface area contributed by atoms with Crippen molar-refractivity contribution in [2.75, 3.05) is 12.1 Å². The lowest BCUT2D eigenvalue weighted by Gasteiger charge is -2.06. The Morgan fingerprint density at radius 1 is 1.17 bits per heavy atom.